The van der Waals surface area contributed by atoms with E-state index in [0.29, 0.717) is 23.3 Å². The summed E-state index contributed by atoms with van der Waals surface area (Å²) in [6, 6.07) is 5.40. The fourth-order valence-corrected chi connectivity index (χ4v) is 3.43. The monoisotopic (exact) mass is 273 g/mol. The maximum absolute atomic E-state index is 13.4. The van der Waals surface area contributed by atoms with Crippen LogP contribution in [0.4, 0.5) is 10.3 Å². The first kappa shape index (κ1) is 13.2. The molecule has 1 heterocycles. The Kier molecular flexibility index (Phi) is 2.68. The standard InChI is InChI=1S/C16H20FN3/c1-8-7-10(5-6-11(8)17)12-13(16(12,3)4)14-9(2)19-15(18)20-14/h5-7,12-13H,1-4H3,(H3,18,19,20). The van der Waals surface area contributed by atoms with E-state index >= 15 is 0 Å². The number of imidazole rings is 1. The lowest BCUT2D eigenvalue weighted by Crippen LogP contribution is -1.93. The quantitative estimate of drug-likeness (QED) is 0.877. The topological polar surface area (TPSA) is 54.7 Å². The summed E-state index contributed by atoms with van der Waals surface area (Å²) in [5.41, 5.74) is 9.81. The number of rotatable bonds is 2. The molecule has 2 aromatic rings. The zero-order chi connectivity index (χ0) is 14.7. The minimum atomic E-state index is -0.149. The molecule has 0 saturated heterocycles. The minimum absolute atomic E-state index is 0.122. The Morgan fingerprint density at radius 2 is 1.95 bits per heavy atom. The Hall–Kier alpha value is -1.84. The number of nitrogens with one attached hydrogen (secondary N) is 1. The predicted molar refractivity (Wildman–Crippen MR) is 78.1 cm³/mol. The van der Waals surface area contributed by atoms with Crippen LogP contribution in [-0.4, -0.2) is 9.97 Å². The SMILES string of the molecule is Cc1cc(C2C(c3nc(N)[nH]c3C)C2(C)C)ccc1F. The van der Waals surface area contributed by atoms with Gasteiger partial charge in [-0.3, -0.25) is 0 Å². The molecule has 1 saturated carbocycles. The minimum Gasteiger partial charge on any atom is -0.369 e. The number of aromatic amines is 1. The number of benzene rings is 1. The molecule has 0 amide bonds. The van der Waals surface area contributed by atoms with Gasteiger partial charge in [0.2, 0.25) is 0 Å². The second-order valence-corrected chi connectivity index (χ2v) is 6.42. The molecule has 3 rings (SSSR count). The summed E-state index contributed by atoms with van der Waals surface area (Å²) in [5, 5.41) is 0. The van der Waals surface area contributed by atoms with Crippen LogP contribution in [-0.2, 0) is 0 Å². The van der Waals surface area contributed by atoms with Gasteiger partial charge in [-0.15, -0.1) is 0 Å². The van der Waals surface area contributed by atoms with Gasteiger partial charge in [0.05, 0.1) is 5.69 Å². The van der Waals surface area contributed by atoms with Crippen LogP contribution in [0.1, 0.15) is 48.2 Å². The van der Waals surface area contributed by atoms with Crippen LogP contribution in [0, 0.1) is 25.1 Å². The summed E-state index contributed by atoms with van der Waals surface area (Å²) < 4.78 is 13.4. The average molecular weight is 273 g/mol. The van der Waals surface area contributed by atoms with E-state index in [0.717, 1.165) is 11.4 Å². The van der Waals surface area contributed by atoms with Crippen molar-refractivity contribution in [3.05, 3.63) is 46.5 Å². The van der Waals surface area contributed by atoms with Crippen molar-refractivity contribution in [1.29, 1.82) is 0 Å². The van der Waals surface area contributed by atoms with Crippen LogP contribution in [0.5, 0.6) is 0 Å². The molecule has 0 spiro atoms. The summed E-state index contributed by atoms with van der Waals surface area (Å²) in [6.45, 7) is 8.26. The molecule has 106 valence electrons. The van der Waals surface area contributed by atoms with Gasteiger partial charge in [-0.1, -0.05) is 26.0 Å². The van der Waals surface area contributed by atoms with Crippen molar-refractivity contribution in [1.82, 2.24) is 9.97 Å². The lowest BCUT2D eigenvalue weighted by atomic mass is 10.0. The molecule has 2 unspecified atom stereocenters. The number of nitrogens with zero attached hydrogens (tertiary/aromatic N) is 1. The van der Waals surface area contributed by atoms with Crippen molar-refractivity contribution in [3.8, 4) is 0 Å². The summed E-state index contributed by atoms with van der Waals surface area (Å²) >= 11 is 0. The third kappa shape index (κ3) is 1.82. The van der Waals surface area contributed by atoms with Crippen molar-refractivity contribution in [2.45, 2.75) is 39.5 Å². The van der Waals surface area contributed by atoms with Crippen LogP contribution < -0.4 is 5.73 Å². The number of nitrogen functional groups attached to an aromatic ring is 1. The average Bonchev–Trinajstić information content (AvgIpc) is 2.75. The molecular weight excluding hydrogens is 253 g/mol. The number of anilines is 1. The van der Waals surface area contributed by atoms with Gasteiger partial charge in [0.15, 0.2) is 5.95 Å². The van der Waals surface area contributed by atoms with E-state index in [1.165, 1.54) is 5.56 Å². The number of hydrogen-bond acceptors (Lipinski definition) is 2. The van der Waals surface area contributed by atoms with E-state index in [-0.39, 0.29) is 11.2 Å². The van der Waals surface area contributed by atoms with Gasteiger partial charge in [0.1, 0.15) is 5.82 Å². The summed E-state index contributed by atoms with van der Waals surface area (Å²) in [4.78, 5) is 7.50. The first-order chi connectivity index (χ1) is 9.32. The molecule has 1 aromatic heterocycles. The molecule has 1 aliphatic rings. The van der Waals surface area contributed by atoms with E-state index in [9.17, 15) is 4.39 Å². The zero-order valence-corrected chi connectivity index (χ0v) is 12.3. The number of hydrogen-bond donors (Lipinski definition) is 2. The van der Waals surface area contributed by atoms with Crippen molar-refractivity contribution in [2.24, 2.45) is 5.41 Å². The molecular formula is C16H20FN3. The van der Waals surface area contributed by atoms with Crippen LogP contribution in [0.3, 0.4) is 0 Å². The van der Waals surface area contributed by atoms with E-state index in [4.69, 9.17) is 5.73 Å². The lowest BCUT2D eigenvalue weighted by Gasteiger charge is -2.04. The number of aryl methyl sites for hydroxylation is 2. The molecule has 0 bridgehead atoms. The molecule has 0 aliphatic heterocycles. The van der Waals surface area contributed by atoms with Crippen molar-refractivity contribution in [3.63, 3.8) is 0 Å². The molecule has 4 heteroatoms. The highest BCUT2D eigenvalue weighted by atomic mass is 19.1. The van der Waals surface area contributed by atoms with E-state index in [1.54, 1.807) is 13.0 Å². The fraction of sp³-hybridized carbons (Fsp3) is 0.438. The molecule has 1 fully saturated rings. The first-order valence-corrected chi connectivity index (χ1v) is 6.90. The first-order valence-electron chi connectivity index (χ1n) is 6.90. The van der Waals surface area contributed by atoms with Crippen LogP contribution in [0.2, 0.25) is 0 Å². The van der Waals surface area contributed by atoms with Crippen molar-refractivity contribution in [2.75, 3.05) is 5.73 Å². The molecule has 1 aromatic carbocycles. The Morgan fingerprint density at radius 3 is 2.50 bits per heavy atom. The third-order valence-corrected chi connectivity index (χ3v) is 4.60. The molecule has 3 nitrogen and oxygen atoms in total. The van der Waals surface area contributed by atoms with Crippen molar-refractivity contribution < 1.29 is 4.39 Å². The summed E-state index contributed by atoms with van der Waals surface area (Å²) in [7, 11) is 0. The van der Waals surface area contributed by atoms with Gasteiger partial charge in [0.25, 0.3) is 0 Å². The van der Waals surface area contributed by atoms with Gasteiger partial charge in [-0.2, -0.15) is 0 Å². The molecule has 2 atom stereocenters. The van der Waals surface area contributed by atoms with Crippen LogP contribution in [0.25, 0.3) is 0 Å². The van der Waals surface area contributed by atoms with E-state index in [1.807, 2.05) is 19.1 Å². The van der Waals surface area contributed by atoms with Gasteiger partial charge >= 0.3 is 0 Å². The Bertz CT molecular complexity index is 672. The summed E-state index contributed by atoms with van der Waals surface area (Å²) in [5.74, 6) is 1.02. The normalized spacial score (nSPS) is 23.9. The highest BCUT2D eigenvalue weighted by Crippen LogP contribution is 2.70. The van der Waals surface area contributed by atoms with Crippen LogP contribution >= 0.6 is 0 Å². The van der Waals surface area contributed by atoms with Gasteiger partial charge in [0, 0.05) is 11.6 Å². The maximum atomic E-state index is 13.4. The number of halogens is 1. The maximum Gasteiger partial charge on any atom is 0.197 e. The second-order valence-electron chi connectivity index (χ2n) is 6.42. The van der Waals surface area contributed by atoms with Gasteiger partial charge < -0.3 is 10.7 Å². The number of nitrogens with two attached hydrogens (primary N) is 1. The molecule has 0 radical (unpaired) electrons. The van der Waals surface area contributed by atoms with Gasteiger partial charge in [-0.25, -0.2) is 9.37 Å². The zero-order valence-electron chi connectivity index (χ0n) is 12.3. The Balaban J connectivity index is 1.99. The predicted octanol–water partition coefficient (Wildman–Crippen LogP) is 3.66. The van der Waals surface area contributed by atoms with Gasteiger partial charge in [-0.05, 0) is 42.4 Å². The molecule has 20 heavy (non-hydrogen) atoms. The highest BCUT2D eigenvalue weighted by Gasteiger charge is 2.60. The van der Waals surface area contributed by atoms with Crippen LogP contribution in [0.15, 0.2) is 18.2 Å². The number of aromatic nitrogens is 2. The summed E-state index contributed by atoms with van der Waals surface area (Å²) in [6.07, 6.45) is 0. The fourth-order valence-electron chi connectivity index (χ4n) is 3.43. The lowest BCUT2D eigenvalue weighted by molar-refractivity contribution is 0.594. The number of H-pyrrole nitrogens is 1. The van der Waals surface area contributed by atoms with E-state index < -0.39 is 0 Å². The Labute approximate surface area is 118 Å². The third-order valence-electron chi connectivity index (χ3n) is 4.60. The van der Waals surface area contributed by atoms with Crippen molar-refractivity contribution >= 4 is 5.95 Å². The Morgan fingerprint density at radius 1 is 1.25 bits per heavy atom. The largest absolute Gasteiger partial charge is 0.369 e. The smallest absolute Gasteiger partial charge is 0.197 e. The van der Waals surface area contributed by atoms with E-state index in [2.05, 4.69) is 23.8 Å². The second kappa shape index (κ2) is 4.08. The molecule has 1 aliphatic carbocycles. The highest BCUT2D eigenvalue weighted by molar-refractivity contribution is 5.44. The molecule has 3 N–H and O–H groups in total.